The molecule has 0 bridgehead atoms. The van der Waals surface area contributed by atoms with Crippen LogP contribution >= 0.6 is 11.8 Å². The van der Waals surface area contributed by atoms with E-state index in [2.05, 4.69) is 4.98 Å². The number of nitriles is 1. The van der Waals surface area contributed by atoms with Crippen LogP contribution in [0.25, 0.3) is 0 Å². The summed E-state index contributed by atoms with van der Waals surface area (Å²) in [4.78, 5) is 14.8. The first-order valence-corrected chi connectivity index (χ1v) is 5.78. The molecule has 0 saturated carbocycles. The van der Waals surface area contributed by atoms with Gasteiger partial charge < -0.3 is 5.11 Å². The highest BCUT2D eigenvalue weighted by molar-refractivity contribution is 7.99. The number of pyridine rings is 1. The number of aliphatic carboxylic acids is 1. The summed E-state index contributed by atoms with van der Waals surface area (Å²) in [5, 5.41) is 17.9. The molecule has 1 aromatic heterocycles. The molecule has 0 aliphatic rings. The SMILES string of the molecule is CC(C)c1ccc(C#N)c(SCC(=O)O)n1. The molecule has 16 heavy (non-hydrogen) atoms. The lowest BCUT2D eigenvalue weighted by Gasteiger charge is -2.07. The predicted octanol–water partition coefficient (Wildman–Crippen LogP) is 2.25. The quantitative estimate of drug-likeness (QED) is 0.811. The Morgan fingerprint density at radius 1 is 1.62 bits per heavy atom. The molecule has 1 N–H and O–H groups in total. The average molecular weight is 236 g/mol. The number of carboxylic acids is 1. The molecule has 5 heteroatoms. The molecule has 0 atom stereocenters. The highest BCUT2D eigenvalue weighted by Gasteiger charge is 2.10. The summed E-state index contributed by atoms with van der Waals surface area (Å²) in [6, 6.07) is 5.50. The standard InChI is InChI=1S/C11H12N2O2S/c1-7(2)9-4-3-8(5-12)11(13-9)16-6-10(14)15/h3-4,7H,6H2,1-2H3,(H,14,15). The first-order chi connectivity index (χ1) is 7.54. The van der Waals surface area contributed by atoms with E-state index in [1.165, 1.54) is 0 Å². The van der Waals surface area contributed by atoms with Gasteiger partial charge in [0.15, 0.2) is 0 Å². The van der Waals surface area contributed by atoms with E-state index in [1.54, 1.807) is 12.1 Å². The molecule has 0 aliphatic heterocycles. The third-order valence-corrected chi connectivity index (χ3v) is 2.90. The Hall–Kier alpha value is -1.54. The van der Waals surface area contributed by atoms with Crippen LogP contribution in [-0.2, 0) is 4.79 Å². The molecule has 0 fully saturated rings. The van der Waals surface area contributed by atoms with Gasteiger partial charge in [-0.15, -0.1) is 0 Å². The molecule has 1 aromatic rings. The van der Waals surface area contributed by atoms with Crippen molar-refractivity contribution in [2.45, 2.75) is 24.8 Å². The second kappa shape index (κ2) is 5.52. The van der Waals surface area contributed by atoms with Crippen LogP contribution in [0.4, 0.5) is 0 Å². The van der Waals surface area contributed by atoms with Gasteiger partial charge in [-0.2, -0.15) is 5.26 Å². The minimum Gasteiger partial charge on any atom is -0.481 e. The van der Waals surface area contributed by atoms with Crippen LogP contribution < -0.4 is 0 Å². The number of rotatable bonds is 4. The Morgan fingerprint density at radius 3 is 2.81 bits per heavy atom. The smallest absolute Gasteiger partial charge is 0.313 e. The van der Waals surface area contributed by atoms with E-state index in [1.807, 2.05) is 19.9 Å². The first-order valence-electron chi connectivity index (χ1n) is 4.80. The zero-order chi connectivity index (χ0) is 12.1. The Labute approximate surface area is 98.3 Å². The van der Waals surface area contributed by atoms with Gasteiger partial charge in [-0.25, -0.2) is 4.98 Å². The Kier molecular flexibility index (Phi) is 4.32. The van der Waals surface area contributed by atoms with Gasteiger partial charge in [-0.05, 0) is 18.1 Å². The van der Waals surface area contributed by atoms with Crippen LogP contribution in [-0.4, -0.2) is 21.8 Å². The number of carbonyl (C=O) groups is 1. The first kappa shape index (κ1) is 12.5. The lowest BCUT2D eigenvalue weighted by atomic mass is 10.1. The Bertz CT molecular complexity index is 438. The van der Waals surface area contributed by atoms with E-state index in [4.69, 9.17) is 10.4 Å². The fraction of sp³-hybridized carbons (Fsp3) is 0.364. The monoisotopic (exact) mass is 236 g/mol. The molecule has 1 rings (SSSR count). The number of hydrogen-bond acceptors (Lipinski definition) is 4. The van der Waals surface area contributed by atoms with Crippen LogP contribution in [0.5, 0.6) is 0 Å². The zero-order valence-corrected chi connectivity index (χ0v) is 9.91. The van der Waals surface area contributed by atoms with Crippen LogP contribution in [0.15, 0.2) is 17.2 Å². The highest BCUT2D eigenvalue weighted by atomic mass is 32.2. The summed E-state index contributed by atoms with van der Waals surface area (Å²) in [6.45, 7) is 4.00. The van der Waals surface area contributed by atoms with Crippen molar-refractivity contribution in [3.8, 4) is 6.07 Å². The summed E-state index contributed by atoms with van der Waals surface area (Å²) < 4.78 is 0. The fourth-order valence-electron chi connectivity index (χ4n) is 1.10. The normalized spacial score (nSPS) is 10.1. The van der Waals surface area contributed by atoms with Crippen LogP contribution in [0.2, 0.25) is 0 Å². The summed E-state index contributed by atoms with van der Waals surface area (Å²) >= 11 is 1.08. The van der Waals surface area contributed by atoms with Crippen molar-refractivity contribution in [2.75, 3.05) is 5.75 Å². The molecular formula is C11H12N2O2S. The van der Waals surface area contributed by atoms with Crippen LogP contribution in [0, 0.1) is 11.3 Å². The van der Waals surface area contributed by atoms with Crippen molar-refractivity contribution in [3.05, 3.63) is 23.4 Å². The number of hydrogen-bond donors (Lipinski definition) is 1. The molecule has 4 nitrogen and oxygen atoms in total. The van der Waals surface area contributed by atoms with Gasteiger partial charge in [0.2, 0.25) is 0 Å². The van der Waals surface area contributed by atoms with Crippen molar-refractivity contribution < 1.29 is 9.90 Å². The van der Waals surface area contributed by atoms with Gasteiger partial charge in [0.05, 0.1) is 11.3 Å². The van der Waals surface area contributed by atoms with Crippen molar-refractivity contribution in [3.63, 3.8) is 0 Å². The van der Waals surface area contributed by atoms with Gasteiger partial charge in [-0.3, -0.25) is 4.79 Å². The maximum atomic E-state index is 10.5. The third-order valence-electron chi connectivity index (χ3n) is 1.93. The van der Waals surface area contributed by atoms with E-state index in [9.17, 15) is 4.79 Å². The summed E-state index contributed by atoms with van der Waals surface area (Å²) in [5.41, 5.74) is 1.29. The summed E-state index contributed by atoms with van der Waals surface area (Å²) in [5.74, 6) is -0.731. The molecule has 0 radical (unpaired) electrons. The second-order valence-electron chi connectivity index (χ2n) is 3.54. The van der Waals surface area contributed by atoms with E-state index in [0.29, 0.717) is 10.6 Å². The highest BCUT2D eigenvalue weighted by Crippen LogP contribution is 2.23. The number of nitrogens with zero attached hydrogens (tertiary/aromatic N) is 2. The Balaban J connectivity index is 2.98. The van der Waals surface area contributed by atoms with Crippen molar-refractivity contribution in [1.29, 1.82) is 5.26 Å². The van der Waals surface area contributed by atoms with Crippen molar-refractivity contribution in [2.24, 2.45) is 0 Å². The molecule has 0 aromatic carbocycles. The van der Waals surface area contributed by atoms with E-state index < -0.39 is 5.97 Å². The van der Waals surface area contributed by atoms with Gasteiger partial charge in [0.1, 0.15) is 11.1 Å². The molecule has 0 amide bonds. The zero-order valence-electron chi connectivity index (χ0n) is 9.10. The lowest BCUT2D eigenvalue weighted by molar-refractivity contribution is -0.133. The van der Waals surface area contributed by atoms with Crippen LogP contribution in [0.3, 0.4) is 0 Å². The van der Waals surface area contributed by atoms with Gasteiger partial charge in [0, 0.05) is 5.69 Å². The lowest BCUT2D eigenvalue weighted by Crippen LogP contribution is -2.01. The number of thioether (sulfide) groups is 1. The molecule has 0 unspecified atom stereocenters. The maximum Gasteiger partial charge on any atom is 0.313 e. The molecule has 84 valence electrons. The fourth-order valence-corrected chi connectivity index (χ4v) is 1.80. The van der Waals surface area contributed by atoms with Gasteiger partial charge >= 0.3 is 5.97 Å². The van der Waals surface area contributed by atoms with Gasteiger partial charge in [-0.1, -0.05) is 25.6 Å². The number of carboxylic acid groups (broad SMARTS) is 1. The van der Waals surface area contributed by atoms with E-state index >= 15 is 0 Å². The van der Waals surface area contributed by atoms with Gasteiger partial charge in [0.25, 0.3) is 0 Å². The molecule has 1 heterocycles. The predicted molar refractivity (Wildman–Crippen MR) is 61.4 cm³/mol. The maximum absolute atomic E-state index is 10.5. The van der Waals surface area contributed by atoms with E-state index in [0.717, 1.165) is 17.5 Å². The molecule has 0 aliphatic carbocycles. The molecule has 0 saturated heterocycles. The topological polar surface area (TPSA) is 74.0 Å². The Morgan fingerprint density at radius 2 is 2.31 bits per heavy atom. The minimum atomic E-state index is -0.911. The minimum absolute atomic E-state index is 0.0801. The second-order valence-corrected chi connectivity index (χ2v) is 4.50. The number of aromatic nitrogens is 1. The van der Waals surface area contributed by atoms with Crippen molar-refractivity contribution >= 4 is 17.7 Å². The third kappa shape index (κ3) is 3.24. The summed E-state index contributed by atoms with van der Waals surface area (Å²) in [6.07, 6.45) is 0. The van der Waals surface area contributed by atoms with E-state index in [-0.39, 0.29) is 11.7 Å². The molecular weight excluding hydrogens is 224 g/mol. The summed E-state index contributed by atoms with van der Waals surface area (Å²) in [7, 11) is 0. The molecule has 0 spiro atoms. The van der Waals surface area contributed by atoms with Crippen LogP contribution in [0.1, 0.15) is 31.0 Å². The largest absolute Gasteiger partial charge is 0.481 e. The van der Waals surface area contributed by atoms with Crippen molar-refractivity contribution in [1.82, 2.24) is 4.98 Å². The average Bonchev–Trinajstić information content (AvgIpc) is 2.25.